The van der Waals surface area contributed by atoms with Crippen LogP contribution in [0, 0.1) is 21.4 Å². The number of rotatable bonds is 6. The minimum absolute atomic E-state index is 0.0291. The van der Waals surface area contributed by atoms with E-state index in [2.05, 4.69) is 29.6 Å². The van der Waals surface area contributed by atoms with Gasteiger partial charge in [-0.3, -0.25) is 10.1 Å². The molecule has 1 saturated carbocycles. The highest BCUT2D eigenvalue weighted by Crippen LogP contribution is 2.51. The highest BCUT2D eigenvalue weighted by Gasteiger charge is 2.45. The topological polar surface area (TPSA) is 106 Å². The first-order valence-corrected chi connectivity index (χ1v) is 6.34. The van der Waals surface area contributed by atoms with Gasteiger partial charge in [-0.1, -0.05) is 13.8 Å². The number of hydrogen-bond acceptors (Lipinski definition) is 6. The summed E-state index contributed by atoms with van der Waals surface area (Å²) in [5.74, 6) is 6.50. The molecule has 0 amide bonds. The molecule has 1 heterocycles. The van der Waals surface area contributed by atoms with Crippen LogP contribution in [0.4, 0.5) is 17.3 Å². The lowest BCUT2D eigenvalue weighted by molar-refractivity contribution is -0.384. The zero-order chi connectivity index (χ0) is 14.0. The van der Waals surface area contributed by atoms with Gasteiger partial charge in [0.15, 0.2) is 0 Å². The average molecular weight is 265 g/mol. The van der Waals surface area contributed by atoms with E-state index in [0.29, 0.717) is 18.3 Å². The fourth-order valence-electron chi connectivity index (χ4n) is 2.19. The third-order valence-corrected chi connectivity index (χ3v) is 3.94. The Balaban J connectivity index is 2.16. The number of nitrogens with zero attached hydrogens (tertiary/aromatic N) is 2. The van der Waals surface area contributed by atoms with E-state index in [1.807, 2.05) is 0 Å². The van der Waals surface area contributed by atoms with Gasteiger partial charge in [-0.25, -0.2) is 10.8 Å². The van der Waals surface area contributed by atoms with Crippen LogP contribution in [0.25, 0.3) is 0 Å². The molecule has 7 nitrogen and oxygen atoms in total. The predicted molar refractivity (Wildman–Crippen MR) is 73.7 cm³/mol. The Bertz CT molecular complexity index is 485. The van der Waals surface area contributed by atoms with Gasteiger partial charge in [0.25, 0.3) is 0 Å². The van der Waals surface area contributed by atoms with E-state index in [-0.39, 0.29) is 16.9 Å². The van der Waals surface area contributed by atoms with Crippen LogP contribution in [0.3, 0.4) is 0 Å². The standard InChI is InChI=1S/C12H19N5O2/c1-8(2)12(5-6-12)7-14-11-9(17(18)19)3-4-10(15-11)16-13/h3-4,8H,5-7,13H2,1-2H3,(H2,14,15,16). The Morgan fingerprint density at radius 1 is 1.53 bits per heavy atom. The number of nitrogens with one attached hydrogen (secondary N) is 2. The van der Waals surface area contributed by atoms with Crippen molar-refractivity contribution in [2.75, 3.05) is 17.3 Å². The van der Waals surface area contributed by atoms with Crippen molar-refractivity contribution >= 4 is 17.3 Å². The molecule has 7 heteroatoms. The summed E-state index contributed by atoms with van der Waals surface area (Å²) in [6, 6.07) is 2.89. The summed E-state index contributed by atoms with van der Waals surface area (Å²) in [6.07, 6.45) is 2.31. The second kappa shape index (κ2) is 5.00. The van der Waals surface area contributed by atoms with Gasteiger partial charge in [0, 0.05) is 12.6 Å². The highest BCUT2D eigenvalue weighted by molar-refractivity contribution is 5.60. The third-order valence-electron chi connectivity index (χ3n) is 3.94. The van der Waals surface area contributed by atoms with Gasteiger partial charge in [0.05, 0.1) is 4.92 Å². The maximum atomic E-state index is 11.0. The molecule has 1 aromatic rings. The van der Waals surface area contributed by atoms with E-state index in [4.69, 9.17) is 5.84 Å². The fourth-order valence-corrected chi connectivity index (χ4v) is 2.19. The van der Waals surface area contributed by atoms with Crippen LogP contribution < -0.4 is 16.6 Å². The zero-order valence-electron chi connectivity index (χ0n) is 11.1. The first-order chi connectivity index (χ1) is 8.98. The quantitative estimate of drug-likeness (QED) is 0.413. The number of anilines is 2. The molecule has 0 aromatic carbocycles. The summed E-state index contributed by atoms with van der Waals surface area (Å²) in [5.41, 5.74) is 2.62. The Hall–Kier alpha value is -1.89. The van der Waals surface area contributed by atoms with E-state index in [1.54, 1.807) is 0 Å². The smallest absolute Gasteiger partial charge is 0.311 e. The van der Waals surface area contributed by atoms with Crippen molar-refractivity contribution in [3.05, 3.63) is 22.2 Å². The number of hydrogen-bond donors (Lipinski definition) is 3. The van der Waals surface area contributed by atoms with Crippen LogP contribution >= 0.6 is 0 Å². The molecule has 4 N–H and O–H groups in total. The summed E-state index contributed by atoms with van der Waals surface area (Å²) in [6.45, 7) is 5.05. The second-order valence-electron chi connectivity index (χ2n) is 5.34. The van der Waals surface area contributed by atoms with Crippen molar-refractivity contribution in [3.63, 3.8) is 0 Å². The molecule has 104 valence electrons. The fraction of sp³-hybridized carbons (Fsp3) is 0.583. The molecule has 1 fully saturated rings. The van der Waals surface area contributed by atoms with Crippen LogP contribution in [0.5, 0.6) is 0 Å². The second-order valence-corrected chi connectivity index (χ2v) is 5.34. The van der Waals surface area contributed by atoms with Gasteiger partial charge in [-0.05, 0) is 30.2 Å². The van der Waals surface area contributed by atoms with Crippen molar-refractivity contribution in [2.45, 2.75) is 26.7 Å². The Morgan fingerprint density at radius 3 is 2.68 bits per heavy atom. The monoisotopic (exact) mass is 265 g/mol. The van der Waals surface area contributed by atoms with E-state index in [9.17, 15) is 10.1 Å². The molecule has 0 atom stereocenters. The van der Waals surface area contributed by atoms with E-state index >= 15 is 0 Å². The number of nitrogen functional groups attached to an aromatic ring is 1. The molecule has 0 aliphatic heterocycles. The van der Waals surface area contributed by atoms with Crippen LogP contribution in [0.2, 0.25) is 0 Å². The van der Waals surface area contributed by atoms with Crippen molar-refractivity contribution in [2.24, 2.45) is 17.2 Å². The third kappa shape index (κ3) is 2.76. The van der Waals surface area contributed by atoms with E-state index in [1.165, 1.54) is 12.1 Å². The number of hydrazine groups is 1. The Morgan fingerprint density at radius 2 is 2.21 bits per heavy atom. The van der Waals surface area contributed by atoms with Crippen LogP contribution in [-0.4, -0.2) is 16.5 Å². The van der Waals surface area contributed by atoms with Crippen LogP contribution in [0.1, 0.15) is 26.7 Å². The molecule has 0 radical (unpaired) electrons. The lowest BCUT2D eigenvalue weighted by Gasteiger charge is -2.20. The molecule has 19 heavy (non-hydrogen) atoms. The molecule has 1 aliphatic rings. The van der Waals surface area contributed by atoms with E-state index in [0.717, 1.165) is 12.8 Å². The van der Waals surface area contributed by atoms with Crippen molar-refractivity contribution in [1.82, 2.24) is 4.98 Å². The van der Waals surface area contributed by atoms with Gasteiger partial charge in [0.1, 0.15) is 5.82 Å². The summed E-state index contributed by atoms with van der Waals surface area (Å²) >= 11 is 0. The maximum absolute atomic E-state index is 11.0. The van der Waals surface area contributed by atoms with Gasteiger partial charge in [0.2, 0.25) is 5.82 Å². The minimum Gasteiger partial charge on any atom is -0.364 e. The SMILES string of the molecule is CC(C)C1(CNc2nc(NN)ccc2[N+](=O)[O-])CC1. The Kier molecular flexibility index (Phi) is 3.57. The van der Waals surface area contributed by atoms with Gasteiger partial charge < -0.3 is 10.7 Å². The molecular formula is C12H19N5O2. The zero-order valence-corrected chi connectivity index (χ0v) is 11.1. The number of nitro groups is 1. The number of aromatic nitrogens is 1. The molecule has 0 bridgehead atoms. The maximum Gasteiger partial charge on any atom is 0.311 e. The van der Waals surface area contributed by atoms with Crippen molar-refractivity contribution in [3.8, 4) is 0 Å². The molecule has 0 unspecified atom stereocenters. The van der Waals surface area contributed by atoms with Crippen molar-refractivity contribution < 1.29 is 4.92 Å². The summed E-state index contributed by atoms with van der Waals surface area (Å²) < 4.78 is 0. The van der Waals surface area contributed by atoms with E-state index < -0.39 is 4.92 Å². The minimum atomic E-state index is -0.440. The lowest BCUT2D eigenvalue weighted by atomic mass is 9.92. The first-order valence-electron chi connectivity index (χ1n) is 6.34. The summed E-state index contributed by atoms with van der Waals surface area (Å²) in [7, 11) is 0. The number of nitrogens with two attached hydrogens (primary N) is 1. The normalized spacial score (nSPS) is 16.2. The van der Waals surface area contributed by atoms with Crippen LogP contribution in [-0.2, 0) is 0 Å². The largest absolute Gasteiger partial charge is 0.364 e. The predicted octanol–water partition coefficient (Wildman–Crippen LogP) is 2.12. The molecular weight excluding hydrogens is 246 g/mol. The summed E-state index contributed by atoms with van der Waals surface area (Å²) in [5, 5.41) is 14.1. The van der Waals surface area contributed by atoms with Crippen molar-refractivity contribution in [1.29, 1.82) is 0 Å². The molecule has 0 spiro atoms. The molecule has 1 aromatic heterocycles. The van der Waals surface area contributed by atoms with Gasteiger partial charge in [-0.2, -0.15) is 0 Å². The molecule has 2 rings (SSSR count). The average Bonchev–Trinajstić information content (AvgIpc) is 3.17. The number of pyridine rings is 1. The van der Waals surface area contributed by atoms with Gasteiger partial charge >= 0.3 is 5.69 Å². The molecule has 0 saturated heterocycles. The van der Waals surface area contributed by atoms with Crippen LogP contribution in [0.15, 0.2) is 12.1 Å². The lowest BCUT2D eigenvalue weighted by Crippen LogP contribution is -2.22. The highest BCUT2D eigenvalue weighted by atomic mass is 16.6. The first kappa shape index (κ1) is 13.5. The molecule has 1 aliphatic carbocycles. The Labute approximate surface area is 111 Å². The van der Waals surface area contributed by atoms with Gasteiger partial charge in [-0.15, -0.1) is 0 Å². The summed E-state index contributed by atoms with van der Waals surface area (Å²) in [4.78, 5) is 14.6.